The molecular formula is C48H77O12P. The first-order valence-electron chi connectivity index (χ1n) is 22.1. The van der Waals surface area contributed by atoms with Crippen LogP contribution in [-0.2, 0) is 32.7 Å². The fourth-order valence-electron chi connectivity index (χ4n) is 5.15. The number of aliphatic hydroxyl groups is 4. The minimum atomic E-state index is -4.69. The Kier molecular flexibility index (Phi) is 39.5. The van der Waals surface area contributed by atoms with Gasteiger partial charge in [-0.05, 0) is 70.6 Å². The van der Waals surface area contributed by atoms with E-state index in [9.17, 15) is 34.4 Å². The Bertz CT molecular complexity index is 1410. The van der Waals surface area contributed by atoms with E-state index in [2.05, 4.69) is 35.8 Å². The van der Waals surface area contributed by atoms with Gasteiger partial charge in [-0.15, -0.1) is 0 Å². The van der Waals surface area contributed by atoms with Gasteiger partial charge in [-0.25, -0.2) is 4.57 Å². The number of phosphoric acid groups is 1. The maximum Gasteiger partial charge on any atom is 0.472 e. The zero-order valence-electron chi connectivity index (χ0n) is 36.8. The molecule has 0 saturated carbocycles. The third kappa shape index (κ3) is 41.7. The molecule has 346 valence electrons. The van der Waals surface area contributed by atoms with Crippen LogP contribution in [0.25, 0.3) is 0 Å². The minimum Gasteiger partial charge on any atom is -0.462 e. The summed E-state index contributed by atoms with van der Waals surface area (Å²) in [4.78, 5) is 35.0. The molecule has 0 aliphatic rings. The number of aliphatic hydroxyl groups excluding tert-OH is 4. The van der Waals surface area contributed by atoms with E-state index in [-0.39, 0.29) is 12.8 Å². The van der Waals surface area contributed by atoms with Gasteiger partial charge in [0.1, 0.15) is 12.7 Å². The van der Waals surface area contributed by atoms with E-state index in [4.69, 9.17) is 19.1 Å². The van der Waals surface area contributed by atoms with Crippen LogP contribution in [0.4, 0.5) is 0 Å². The number of hydrogen-bond acceptors (Lipinski definition) is 11. The third-order valence-electron chi connectivity index (χ3n) is 8.59. The highest BCUT2D eigenvalue weighted by Gasteiger charge is 2.27. The highest BCUT2D eigenvalue weighted by molar-refractivity contribution is 7.47. The van der Waals surface area contributed by atoms with E-state index in [1.165, 1.54) is 38.5 Å². The molecule has 0 spiro atoms. The lowest BCUT2D eigenvalue weighted by molar-refractivity contribution is -0.161. The van der Waals surface area contributed by atoms with Gasteiger partial charge >= 0.3 is 19.8 Å². The minimum absolute atomic E-state index is 0.0147. The summed E-state index contributed by atoms with van der Waals surface area (Å²) in [7, 11) is -4.69. The van der Waals surface area contributed by atoms with Crippen LogP contribution in [0.15, 0.2) is 109 Å². The van der Waals surface area contributed by atoms with E-state index in [1.54, 1.807) is 42.5 Å². The Hall–Kier alpha value is -3.45. The summed E-state index contributed by atoms with van der Waals surface area (Å²) in [6, 6.07) is 0. The van der Waals surface area contributed by atoms with Crippen LogP contribution < -0.4 is 0 Å². The van der Waals surface area contributed by atoms with Crippen molar-refractivity contribution in [3.05, 3.63) is 109 Å². The summed E-state index contributed by atoms with van der Waals surface area (Å²) in [5.74, 6) is -1.17. The lowest BCUT2D eigenvalue weighted by atomic mass is 10.1. The number of unbranched alkanes of at least 4 members (excludes halogenated alkanes) is 7. The number of rotatable bonds is 39. The fraction of sp³-hybridized carbons (Fsp3) is 0.583. The molecule has 0 bridgehead atoms. The molecule has 0 saturated heterocycles. The Morgan fingerprint density at radius 1 is 0.574 bits per heavy atom. The topological polar surface area (TPSA) is 189 Å². The zero-order valence-corrected chi connectivity index (χ0v) is 37.7. The van der Waals surface area contributed by atoms with Gasteiger partial charge in [0.2, 0.25) is 0 Å². The number of allylic oxidation sites excluding steroid dienone is 14. The monoisotopic (exact) mass is 877 g/mol. The van der Waals surface area contributed by atoms with E-state index in [1.807, 2.05) is 49.5 Å². The van der Waals surface area contributed by atoms with Gasteiger partial charge in [0.05, 0.1) is 32.0 Å². The van der Waals surface area contributed by atoms with Gasteiger partial charge in [-0.2, -0.15) is 0 Å². The SMILES string of the molecule is CC/C=C\C[C@H](O)/C=C/C=C\C=C\[C@H](O)C/C=C\C/C=C\CCC(=O)O[C@H](COC(=O)CCC/C=C\C/C=C\C/C=C\CCCCCCCC)COP(=O)(O)OC[C@@H](O)CO. The molecule has 5 N–H and O–H groups in total. The van der Waals surface area contributed by atoms with Crippen molar-refractivity contribution in [1.82, 2.24) is 0 Å². The summed E-state index contributed by atoms with van der Waals surface area (Å²) in [5, 5.41) is 38.3. The normalized spacial score (nSPS) is 15.9. The van der Waals surface area contributed by atoms with Crippen LogP contribution in [0.3, 0.4) is 0 Å². The standard InChI is InChI=1S/C48H77O12P/c1-3-5-7-8-9-10-11-12-13-14-15-16-17-18-19-23-31-37-47(53)57-41-46(42-59-61(55,56)58-40-45(52)39-49)60-48(54)38-32-24-21-20-22-28-34-44(51)36-30-26-25-29-35-43(50)33-27-6-4-2/h6,12-13,15-16,18-19,21-22,24-30,35-36,43-46,49-52H,3-5,7-11,14,17,20,23,31-34,37-42H2,1-2H3,(H,55,56)/b13-12-,16-15-,19-18-,24-21-,26-25-,27-6-,28-22-,35-29+,36-30+/t43-,44+,45-,46+/m0/s1. The fourth-order valence-corrected chi connectivity index (χ4v) is 5.94. The van der Waals surface area contributed by atoms with Crippen molar-refractivity contribution in [3.63, 3.8) is 0 Å². The predicted octanol–water partition coefficient (Wildman–Crippen LogP) is 9.72. The third-order valence-corrected chi connectivity index (χ3v) is 9.54. The molecule has 1 unspecified atom stereocenters. The first kappa shape index (κ1) is 57.5. The zero-order chi connectivity index (χ0) is 45.1. The molecular weight excluding hydrogens is 799 g/mol. The van der Waals surface area contributed by atoms with Crippen LogP contribution in [-0.4, -0.2) is 88.1 Å². The molecule has 0 aromatic heterocycles. The van der Waals surface area contributed by atoms with E-state index < -0.39 is 70.6 Å². The van der Waals surface area contributed by atoms with E-state index >= 15 is 0 Å². The molecule has 5 atom stereocenters. The summed E-state index contributed by atoms with van der Waals surface area (Å²) < 4.78 is 32.5. The summed E-state index contributed by atoms with van der Waals surface area (Å²) in [5.41, 5.74) is 0. The van der Waals surface area contributed by atoms with Gasteiger partial charge in [-0.3, -0.25) is 18.6 Å². The number of carbonyl (C=O) groups is 2. The largest absolute Gasteiger partial charge is 0.472 e. The summed E-state index contributed by atoms with van der Waals surface area (Å²) in [6.07, 6.45) is 45.7. The summed E-state index contributed by atoms with van der Waals surface area (Å²) >= 11 is 0. The molecule has 0 aromatic rings. The average Bonchev–Trinajstić information content (AvgIpc) is 3.24. The lowest BCUT2D eigenvalue weighted by Gasteiger charge is -2.20. The Labute approximate surface area is 366 Å². The van der Waals surface area contributed by atoms with Crippen molar-refractivity contribution in [3.8, 4) is 0 Å². The highest BCUT2D eigenvalue weighted by atomic mass is 31.2. The smallest absolute Gasteiger partial charge is 0.462 e. The number of phosphoric ester groups is 1. The molecule has 13 heteroatoms. The molecule has 0 amide bonds. The summed E-state index contributed by atoms with van der Waals surface area (Å²) in [6.45, 7) is 1.89. The van der Waals surface area contributed by atoms with Crippen molar-refractivity contribution in [2.75, 3.05) is 26.4 Å². The van der Waals surface area contributed by atoms with Gasteiger partial charge in [0, 0.05) is 12.8 Å². The second-order valence-corrected chi connectivity index (χ2v) is 15.8. The molecule has 0 radical (unpaired) electrons. The first-order chi connectivity index (χ1) is 29.5. The molecule has 0 heterocycles. The number of hydrogen-bond donors (Lipinski definition) is 5. The van der Waals surface area contributed by atoms with Crippen molar-refractivity contribution >= 4 is 19.8 Å². The van der Waals surface area contributed by atoms with Crippen molar-refractivity contribution in [2.24, 2.45) is 0 Å². The number of ether oxygens (including phenoxy) is 2. The van der Waals surface area contributed by atoms with Gasteiger partial charge < -0.3 is 34.8 Å². The van der Waals surface area contributed by atoms with Gasteiger partial charge in [0.25, 0.3) is 0 Å². The van der Waals surface area contributed by atoms with Crippen molar-refractivity contribution < 1.29 is 58.0 Å². The molecule has 12 nitrogen and oxygen atoms in total. The van der Waals surface area contributed by atoms with Crippen LogP contribution in [0.5, 0.6) is 0 Å². The predicted molar refractivity (Wildman–Crippen MR) is 244 cm³/mol. The van der Waals surface area contributed by atoms with Crippen LogP contribution in [0.2, 0.25) is 0 Å². The first-order valence-corrected chi connectivity index (χ1v) is 23.6. The molecule has 0 rings (SSSR count). The number of esters is 2. The average molecular weight is 877 g/mol. The maximum atomic E-state index is 12.6. The molecule has 0 aliphatic carbocycles. The van der Waals surface area contributed by atoms with Gasteiger partial charge in [-0.1, -0.05) is 155 Å². The van der Waals surface area contributed by atoms with Crippen molar-refractivity contribution in [1.29, 1.82) is 0 Å². The molecule has 61 heavy (non-hydrogen) atoms. The number of carbonyl (C=O) groups excluding carboxylic acids is 2. The Morgan fingerprint density at radius 3 is 1.70 bits per heavy atom. The molecule has 0 aromatic carbocycles. The second-order valence-electron chi connectivity index (χ2n) is 14.4. The molecule has 0 fully saturated rings. The van der Waals surface area contributed by atoms with E-state index in [0.29, 0.717) is 38.5 Å². The van der Waals surface area contributed by atoms with Crippen LogP contribution in [0, 0.1) is 0 Å². The maximum absolute atomic E-state index is 12.6. The van der Waals surface area contributed by atoms with Gasteiger partial charge in [0.15, 0.2) is 6.10 Å². The Morgan fingerprint density at radius 2 is 1.10 bits per heavy atom. The quantitative estimate of drug-likeness (QED) is 0.0129. The van der Waals surface area contributed by atoms with E-state index in [0.717, 1.165) is 25.7 Å². The second kappa shape index (κ2) is 41.9. The van der Waals surface area contributed by atoms with Crippen LogP contribution >= 0.6 is 7.82 Å². The molecule has 0 aliphatic heterocycles. The van der Waals surface area contributed by atoms with Crippen molar-refractivity contribution in [2.45, 2.75) is 154 Å². The highest BCUT2D eigenvalue weighted by Crippen LogP contribution is 2.43. The lowest BCUT2D eigenvalue weighted by Crippen LogP contribution is -2.29. The van der Waals surface area contributed by atoms with Crippen LogP contribution in [0.1, 0.15) is 129 Å². The Balaban J connectivity index is 4.63.